The molecule has 0 aliphatic carbocycles. The highest BCUT2D eigenvalue weighted by Crippen LogP contribution is 2.08. The minimum atomic E-state index is -0.987. The highest BCUT2D eigenvalue weighted by Gasteiger charge is 2.08. The van der Waals surface area contributed by atoms with E-state index >= 15 is 0 Å². The third-order valence-electron chi connectivity index (χ3n) is 1.88. The molecule has 0 saturated heterocycles. The fourth-order valence-electron chi connectivity index (χ4n) is 1.15. The first-order valence-corrected chi connectivity index (χ1v) is 4.90. The van der Waals surface area contributed by atoms with Crippen molar-refractivity contribution in [3.63, 3.8) is 0 Å². The average Bonchev–Trinajstić information content (AvgIpc) is 2.26. The van der Waals surface area contributed by atoms with E-state index in [9.17, 15) is 13.6 Å². The molecule has 0 amide bonds. The molecule has 0 unspecified atom stereocenters. The summed E-state index contributed by atoms with van der Waals surface area (Å²) in [7, 11) is 0. The van der Waals surface area contributed by atoms with Gasteiger partial charge in [-0.05, 0) is 37.1 Å². The Labute approximate surface area is 92.5 Å². The first-order valence-electron chi connectivity index (χ1n) is 4.90. The number of ether oxygens (including phenoxy) is 1. The number of allylic oxidation sites excluding steroid dienone is 1. The number of carbonyl (C=O) groups excluding carboxylic acids is 1. The molecule has 0 aromatic heterocycles. The van der Waals surface area contributed by atoms with Crippen LogP contribution >= 0.6 is 0 Å². The molecule has 4 heteroatoms. The van der Waals surface area contributed by atoms with Gasteiger partial charge in [0.15, 0.2) is 0 Å². The van der Waals surface area contributed by atoms with E-state index < -0.39 is 11.8 Å². The second-order valence-electron chi connectivity index (χ2n) is 3.11. The van der Waals surface area contributed by atoms with E-state index in [1.54, 1.807) is 13.0 Å². The Hall–Kier alpha value is -1.71. The summed E-state index contributed by atoms with van der Waals surface area (Å²) in [6, 6.07) is 5.77. The van der Waals surface area contributed by atoms with Gasteiger partial charge in [-0.1, -0.05) is 12.1 Å². The number of esters is 1. The second-order valence-corrected chi connectivity index (χ2v) is 3.11. The third kappa shape index (κ3) is 3.81. The zero-order valence-electron chi connectivity index (χ0n) is 8.87. The summed E-state index contributed by atoms with van der Waals surface area (Å²) in [5.74, 6) is -2.33. The smallest absolute Gasteiger partial charge is 0.366 e. The number of hydrogen-bond acceptors (Lipinski definition) is 2. The van der Waals surface area contributed by atoms with Crippen LogP contribution in [-0.4, -0.2) is 12.6 Å². The maximum atomic E-state index is 13.1. The van der Waals surface area contributed by atoms with E-state index in [1.165, 1.54) is 18.2 Å². The Morgan fingerprint density at radius 3 is 2.88 bits per heavy atom. The molecule has 0 atom stereocenters. The molecule has 0 saturated carbocycles. The lowest BCUT2D eigenvalue weighted by atomic mass is 10.1. The lowest BCUT2D eigenvalue weighted by molar-refractivity contribution is -0.140. The molecule has 16 heavy (non-hydrogen) atoms. The number of halogens is 2. The van der Waals surface area contributed by atoms with Crippen LogP contribution in [0.4, 0.5) is 8.78 Å². The van der Waals surface area contributed by atoms with Crippen molar-refractivity contribution in [1.29, 1.82) is 0 Å². The zero-order chi connectivity index (χ0) is 12.0. The second kappa shape index (κ2) is 6.00. The van der Waals surface area contributed by atoms with E-state index in [1.807, 2.05) is 0 Å². The van der Waals surface area contributed by atoms with Gasteiger partial charge in [0, 0.05) is 0 Å². The van der Waals surface area contributed by atoms with Crippen LogP contribution in [0.3, 0.4) is 0 Å². The summed E-state index contributed by atoms with van der Waals surface area (Å²) in [5, 5.41) is 0. The summed E-state index contributed by atoms with van der Waals surface area (Å²) in [6.45, 7) is 1.72. The summed E-state index contributed by atoms with van der Waals surface area (Å²) in [4.78, 5) is 10.9. The monoisotopic (exact) mass is 226 g/mol. The number of rotatable bonds is 4. The topological polar surface area (TPSA) is 26.3 Å². The van der Waals surface area contributed by atoms with E-state index in [0.717, 1.165) is 6.08 Å². The minimum absolute atomic E-state index is 0.125. The lowest BCUT2D eigenvalue weighted by Gasteiger charge is -1.99. The normalized spacial score (nSPS) is 11.3. The van der Waals surface area contributed by atoms with Gasteiger partial charge in [-0.15, -0.1) is 0 Å². The molecular formula is C12H12F2O2. The predicted molar refractivity (Wildman–Crippen MR) is 55.9 cm³/mol. The molecule has 1 aromatic rings. The van der Waals surface area contributed by atoms with Crippen LogP contribution in [0.25, 0.3) is 0 Å². The van der Waals surface area contributed by atoms with Gasteiger partial charge >= 0.3 is 5.97 Å². The van der Waals surface area contributed by atoms with Crippen LogP contribution in [0.15, 0.2) is 36.2 Å². The van der Waals surface area contributed by atoms with Gasteiger partial charge in [-0.25, -0.2) is 9.18 Å². The van der Waals surface area contributed by atoms with Crippen molar-refractivity contribution in [3.05, 3.63) is 47.5 Å². The molecule has 1 aromatic carbocycles. The van der Waals surface area contributed by atoms with Crippen LogP contribution in [0.5, 0.6) is 0 Å². The van der Waals surface area contributed by atoms with E-state index in [-0.39, 0.29) is 18.8 Å². The zero-order valence-corrected chi connectivity index (χ0v) is 8.87. The fourth-order valence-corrected chi connectivity index (χ4v) is 1.15. The standard InChI is InChI=1S/C12H12F2O2/c1-2-16-12(15)11(14)7-6-9-4-3-5-10(13)8-9/h3-5,7-8H,2,6H2,1H3. The number of hydrogen-bond donors (Lipinski definition) is 0. The fraction of sp³-hybridized carbons (Fsp3) is 0.250. The van der Waals surface area contributed by atoms with E-state index in [4.69, 9.17) is 0 Å². The number of carbonyl (C=O) groups is 1. The summed E-state index contributed by atoms with van der Waals surface area (Å²) >= 11 is 0. The molecule has 0 N–H and O–H groups in total. The average molecular weight is 226 g/mol. The van der Waals surface area contributed by atoms with Crippen LogP contribution in [0.2, 0.25) is 0 Å². The molecule has 0 radical (unpaired) electrons. The quantitative estimate of drug-likeness (QED) is 0.583. The first-order chi connectivity index (χ1) is 7.63. The minimum Gasteiger partial charge on any atom is -0.461 e. The van der Waals surface area contributed by atoms with Gasteiger partial charge in [-0.3, -0.25) is 0 Å². The van der Waals surface area contributed by atoms with Crippen molar-refractivity contribution >= 4 is 5.97 Å². The van der Waals surface area contributed by atoms with Gasteiger partial charge in [0.1, 0.15) is 5.82 Å². The Morgan fingerprint density at radius 1 is 1.50 bits per heavy atom. The molecule has 0 aliphatic rings. The van der Waals surface area contributed by atoms with Crippen LogP contribution < -0.4 is 0 Å². The summed E-state index contributed by atoms with van der Waals surface area (Å²) in [6.07, 6.45) is 1.23. The Balaban J connectivity index is 2.62. The molecule has 0 fully saturated rings. The maximum Gasteiger partial charge on any atom is 0.366 e. The highest BCUT2D eigenvalue weighted by atomic mass is 19.1. The largest absolute Gasteiger partial charge is 0.461 e. The van der Waals surface area contributed by atoms with Crippen LogP contribution in [0, 0.1) is 5.82 Å². The van der Waals surface area contributed by atoms with Gasteiger partial charge < -0.3 is 4.74 Å². The van der Waals surface area contributed by atoms with E-state index in [2.05, 4.69) is 4.74 Å². The van der Waals surface area contributed by atoms with Gasteiger partial charge in [-0.2, -0.15) is 4.39 Å². The molecule has 2 nitrogen and oxygen atoms in total. The molecule has 0 bridgehead atoms. The van der Waals surface area contributed by atoms with E-state index in [0.29, 0.717) is 5.56 Å². The van der Waals surface area contributed by atoms with Crippen molar-refractivity contribution in [2.24, 2.45) is 0 Å². The molecular weight excluding hydrogens is 214 g/mol. The maximum absolute atomic E-state index is 13.1. The molecule has 86 valence electrons. The summed E-state index contributed by atoms with van der Waals surface area (Å²) < 4.78 is 30.3. The molecule has 0 aliphatic heterocycles. The van der Waals surface area contributed by atoms with Crippen molar-refractivity contribution in [2.45, 2.75) is 13.3 Å². The van der Waals surface area contributed by atoms with Crippen molar-refractivity contribution in [3.8, 4) is 0 Å². The van der Waals surface area contributed by atoms with Crippen LogP contribution in [-0.2, 0) is 16.0 Å². The lowest BCUT2D eigenvalue weighted by Crippen LogP contribution is -2.04. The predicted octanol–water partition coefficient (Wildman–Crippen LogP) is 2.78. The first kappa shape index (κ1) is 12.4. The van der Waals surface area contributed by atoms with Crippen molar-refractivity contribution in [1.82, 2.24) is 0 Å². The molecule has 1 rings (SSSR count). The Morgan fingerprint density at radius 2 is 2.25 bits per heavy atom. The Bertz CT molecular complexity index is 400. The van der Waals surface area contributed by atoms with Gasteiger partial charge in [0.25, 0.3) is 0 Å². The van der Waals surface area contributed by atoms with Crippen molar-refractivity contribution in [2.75, 3.05) is 6.61 Å². The highest BCUT2D eigenvalue weighted by molar-refractivity contribution is 5.85. The third-order valence-corrected chi connectivity index (χ3v) is 1.88. The summed E-state index contributed by atoms with van der Waals surface area (Å²) in [5.41, 5.74) is 0.597. The molecule has 0 spiro atoms. The van der Waals surface area contributed by atoms with Gasteiger partial charge in [0.05, 0.1) is 6.61 Å². The SMILES string of the molecule is CCOC(=O)C(F)=CCc1cccc(F)c1. The van der Waals surface area contributed by atoms with Crippen LogP contribution in [0.1, 0.15) is 12.5 Å². The van der Waals surface area contributed by atoms with Gasteiger partial charge in [0.2, 0.25) is 5.83 Å². The number of benzene rings is 1. The van der Waals surface area contributed by atoms with Crippen molar-refractivity contribution < 1.29 is 18.3 Å². The Kier molecular flexibility index (Phi) is 4.64. The molecule has 0 heterocycles.